The lowest BCUT2D eigenvalue weighted by Gasteiger charge is -2.36. The Morgan fingerprint density at radius 2 is 1.71 bits per heavy atom. The van der Waals surface area contributed by atoms with Crippen LogP contribution in [0.15, 0.2) is 42.5 Å². The minimum Gasteiger partial charge on any atom is -0.452 e. The van der Waals surface area contributed by atoms with Crippen molar-refractivity contribution in [2.24, 2.45) is 0 Å². The van der Waals surface area contributed by atoms with E-state index in [9.17, 15) is 4.79 Å². The second-order valence-corrected chi connectivity index (χ2v) is 6.43. The van der Waals surface area contributed by atoms with Crippen LogP contribution in [0.1, 0.15) is 24.8 Å². The van der Waals surface area contributed by atoms with Crippen LogP contribution in [0.4, 0.5) is 16.2 Å². The Balaban J connectivity index is 1.90. The summed E-state index contributed by atoms with van der Waals surface area (Å²) in [6, 6.07) is 14.6. The van der Waals surface area contributed by atoms with Gasteiger partial charge in [0.15, 0.2) is 0 Å². The number of anilines is 2. The first kappa shape index (κ1) is 15.1. The normalized spacial score (nSPS) is 16.4. The molecule has 124 valence electrons. The van der Waals surface area contributed by atoms with E-state index in [1.165, 1.54) is 43.2 Å². The van der Waals surface area contributed by atoms with Gasteiger partial charge in [0.2, 0.25) is 0 Å². The number of amides is 1. The predicted octanol–water partition coefficient (Wildman–Crippen LogP) is 4.43. The lowest BCUT2D eigenvalue weighted by molar-refractivity contribution is 0.178. The maximum Gasteiger partial charge on any atom is 0.414 e. The van der Waals surface area contributed by atoms with E-state index in [0.717, 1.165) is 24.3 Å². The van der Waals surface area contributed by atoms with Gasteiger partial charge in [-0.2, -0.15) is 0 Å². The molecule has 0 saturated carbocycles. The van der Waals surface area contributed by atoms with Crippen molar-refractivity contribution in [2.75, 3.05) is 30.0 Å². The molecule has 2 aromatic rings. The number of rotatable bonds is 1. The molecule has 0 aromatic heterocycles. The third-order valence-corrected chi connectivity index (χ3v) is 5.02. The molecule has 2 aliphatic heterocycles. The van der Waals surface area contributed by atoms with E-state index in [0.29, 0.717) is 6.54 Å². The van der Waals surface area contributed by atoms with E-state index < -0.39 is 0 Å². The molecule has 0 N–H and O–H groups in total. The largest absolute Gasteiger partial charge is 0.452 e. The Morgan fingerprint density at radius 3 is 2.50 bits per heavy atom. The molecule has 0 bridgehead atoms. The van der Waals surface area contributed by atoms with Gasteiger partial charge in [0.25, 0.3) is 0 Å². The van der Waals surface area contributed by atoms with Gasteiger partial charge in [-0.15, -0.1) is 0 Å². The van der Waals surface area contributed by atoms with Gasteiger partial charge in [-0.3, -0.25) is 4.90 Å². The van der Waals surface area contributed by atoms with E-state index in [-0.39, 0.29) is 6.09 Å². The van der Waals surface area contributed by atoms with Crippen LogP contribution < -0.4 is 9.80 Å². The predicted molar refractivity (Wildman–Crippen MR) is 96.5 cm³/mol. The number of carbonyl (C=O) groups is 1. The zero-order valence-electron chi connectivity index (χ0n) is 14.0. The first-order chi connectivity index (χ1) is 11.8. The molecule has 0 radical (unpaired) electrons. The number of ether oxygens (including phenoxy) is 1. The number of hydrogen-bond acceptors (Lipinski definition) is 3. The molecule has 2 heterocycles. The molecule has 1 saturated heterocycles. The maximum absolute atomic E-state index is 12.3. The van der Waals surface area contributed by atoms with Gasteiger partial charge in [-0.1, -0.05) is 30.3 Å². The van der Waals surface area contributed by atoms with Crippen LogP contribution in [0, 0.1) is 0 Å². The third-order valence-electron chi connectivity index (χ3n) is 5.02. The number of carbonyl (C=O) groups excluding carboxylic acids is 1. The molecule has 4 nitrogen and oxygen atoms in total. The molecule has 0 unspecified atom stereocenters. The molecule has 1 fully saturated rings. The molecule has 2 aliphatic rings. The Kier molecular flexibility index (Phi) is 3.89. The summed E-state index contributed by atoms with van der Waals surface area (Å²) in [5.74, 6) is 0. The van der Waals surface area contributed by atoms with Gasteiger partial charge in [0.1, 0.15) is 0 Å². The number of fused-ring (bicyclic) bond motifs is 3. The van der Waals surface area contributed by atoms with E-state index in [4.69, 9.17) is 4.74 Å². The van der Waals surface area contributed by atoms with Gasteiger partial charge >= 0.3 is 6.09 Å². The standard InChI is InChI=1S/C20H22N2O2/c1-24-20(23)22-14-15-8-3-4-9-16(15)19-17(10-7-11-18(19)22)21-12-5-2-6-13-21/h3-4,7-11H,2,5-6,12-14H2,1H3. The monoisotopic (exact) mass is 322 g/mol. The summed E-state index contributed by atoms with van der Waals surface area (Å²) in [7, 11) is 1.44. The number of benzene rings is 2. The molecule has 0 spiro atoms. The summed E-state index contributed by atoms with van der Waals surface area (Å²) in [4.78, 5) is 16.5. The molecular weight excluding hydrogens is 300 g/mol. The zero-order chi connectivity index (χ0) is 16.5. The topological polar surface area (TPSA) is 32.8 Å². The highest BCUT2D eigenvalue weighted by molar-refractivity contribution is 6.01. The second-order valence-electron chi connectivity index (χ2n) is 6.43. The quantitative estimate of drug-likeness (QED) is 0.778. The summed E-state index contributed by atoms with van der Waals surface area (Å²) >= 11 is 0. The second kappa shape index (κ2) is 6.19. The van der Waals surface area contributed by atoms with Crippen LogP contribution in [-0.4, -0.2) is 26.3 Å². The van der Waals surface area contributed by atoms with E-state index >= 15 is 0 Å². The van der Waals surface area contributed by atoms with Crippen molar-refractivity contribution in [1.29, 1.82) is 0 Å². The smallest absolute Gasteiger partial charge is 0.414 e. The lowest BCUT2D eigenvalue weighted by atomic mass is 9.91. The molecule has 0 atom stereocenters. The fraction of sp³-hybridized carbons (Fsp3) is 0.350. The summed E-state index contributed by atoms with van der Waals surface area (Å²) in [6.45, 7) is 2.72. The molecular formula is C20H22N2O2. The number of piperidine rings is 1. The Bertz CT molecular complexity index is 766. The van der Waals surface area contributed by atoms with Gasteiger partial charge < -0.3 is 9.64 Å². The van der Waals surface area contributed by atoms with Crippen molar-refractivity contribution in [2.45, 2.75) is 25.8 Å². The lowest BCUT2D eigenvalue weighted by Crippen LogP contribution is -2.35. The van der Waals surface area contributed by atoms with Crippen LogP contribution in [0.2, 0.25) is 0 Å². The van der Waals surface area contributed by atoms with Gasteiger partial charge in [0, 0.05) is 24.3 Å². The molecule has 24 heavy (non-hydrogen) atoms. The van der Waals surface area contributed by atoms with Crippen molar-refractivity contribution in [3.05, 3.63) is 48.0 Å². The number of hydrogen-bond donors (Lipinski definition) is 0. The van der Waals surface area contributed by atoms with Crippen LogP contribution in [-0.2, 0) is 11.3 Å². The highest BCUT2D eigenvalue weighted by atomic mass is 16.5. The van der Waals surface area contributed by atoms with Gasteiger partial charge in [0.05, 0.1) is 19.3 Å². The van der Waals surface area contributed by atoms with Crippen LogP contribution in [0.5, 0.6) is 0 Å². The highest BCUT2D eigenvalue weighted by Gasteiger charge is 2.30. The van der Waals surface area contributed by atoms with E-state index in [1.54, 1.807) is 4.90 Å². The Labute approximate surface area is 142 Å². The maximum atomic E-state index is 12.3. The van der Waals surface area contributed by atoms with Crippen molar-refractivity contribution in [3.63, 3.8) is 0 Å². The van der Waals surface area contributed by atoms with Gasteiger partial charge in [-0.05, 0) is 42.5 Å². The van der Waals surface area contributed by atoms with Crippen LogP contribution in [0.25, 0.3) is 11.1 Å². The van der Waals surface area contributed by atoms with Crippen molar-refractivity contribution in [3.8, 4) is 11.1 Å². The molecule has 2 aromatic carbocycles. The van der Waals surface area contributed by atoms with Crippen molar-refractivity contribution >= 4 is 17.5 Å². The van der Waals surface area contributed by atoms with Crippen LogP contribution >= 0.6 is 0 Å². The minimum absolute atomic E-state index is 0.304. The summed E-state index contributed by atoms with van der Waals surface area (Å²) in [5.41, 5.74) is 5.73. The Morgan fingerprint density at radius 1 is 0.958 bits per heavy atom. The first-order valence-corrected chi connectivity index (χ1v) is 8.61. The van der Waals surface area contributed by atoms with Crippen molar-refractivity contribution < 1.29 is 9.53 Å². The van der Waals surface area contributed by atoms with Gasteiger partial charge in [-0.25, -0.2) is 4.79 Å². The average Bonchev–Trinajstić information content (AvgIpc) is 2.67. The summed E-state index contributed by atoms with van der Waals surface area (Å²) < 4.78 is 5.02. The Hall–Kier alpha value is -2.49. The van der Waals surface area contributed by atoms with Crippen LogP contribution in [0.3, 0.4) is 0 Å². The summed E-state index contributed by atoms with van der Waals surface area (Å²) in [6.07, 6.45) is 3.45. The van der Waals surface area contributed by atoms with Crippen molar-refractivity contribution in [1.82, 2.24) is 0 Å². The highest BCUT2D eigenvalue weighted by Crippen LogP contribution is 2.45. The fourth-order valence-electron chi connectivity index (χ4n) is 3.86. The summed E-state index contributed by atoms with van der Waals surface area (Å²) in [5, 5.41) is 0. The number of nitrogens with zero attached hydrogens (tertiary/aromatic N) is 2. The van der Waals surface area contributed by atoms with E-state index in [2.05, 4.69) is 29.2 Å². The zero-order valence-corrected chi connectivity index (χ0v) is 14.0. The number of methoxy groups -OCH3 is 1. The molecule has 4 heteroatoms. The molecule has 1 amide bonds. The van der Waals surface area contributed by atoms with E-state index in [1.807, 2.05) is 18.2 Å². The first-order valence-electron chi connectivity index (χ1n) is 8.61. The molecule has 4 rings (SSSR count). The fourth-order valence-corrected chi connectivity index (χ4v) is 3.86. The minimum atomic E-state index is -0.304. The average molecular weight is 322 g/mol. The third kappa shape index (κ3) is 2.42. The SMILES string of the molecule is COC(=O)N1Cc2ccccc2-c2c(N3CCCCC3)cccc21. The molecule has 0 aliphatic carbocycles.